The third kappa shape index (κ3) is 4.32. The van der Waals surface area contributed by atoms with Crippen LogP contribution in [0.25, 0.3) is 38.8 Å². The number of anilines is 1. The quantitative estimate of drug-likeness (QED) is 0.365. The molecule has 0 spiro atoms. The minimum atomic E-state index is -4.44. The first kappa shape index (κ1) is 22.9. The Labute approximate surface area is 201 Å². The zero-order valence-corrected chi connectivity index (χ0v) is 19.3. The van der Waals surface area contributed by atoms with Crippen molar-refractivity contribution >= 4 is 39.5 Å². The summed E-state index contributed by atoms with van der Waals surface area (Å²) in [5.41, 5.74) is 2.83. The predicted octanol–water partition coefficient (Wildman–Crippen LogP) is 5.27. The van der Waals surface area contributed by atoms with Gasteiger partial charge in [-0.15, -0.1) is 0 Å². The number of pyridine rings is 1. The van der Waals surface area contributed by atoms with E-state index in [2.05, 4.69) is 20.3 Å². The molecule has 0 fully saturated rings. The maximum absolute atomic E-state index is 13.8. The van der Waals surface area contributed by atoms with E-state index in [0.717, 1.165) is 16.9 Å². The molecule has 0 radical (unpaired) electrons. The first-order chi connectivity index (χ1) is 16.6. The summed E-state index contributed by atoms with van der Waals surface area (Å²) in [6.07, 6.45) is -1.47. The van der Waals surface area contributed by atoms with Gasteiger partial charge in [0.25, 0.3) is 5.56 Å². The Bertz CT molecular complexity index is 1640. The van der Waals surface area contributed by atoms with Gasteiger partial charge in [-0.1, -0.05) is 23.7 Å². The van der Waals surface area contributed by atoms with Crippen molar-refractivity contribution in [2.45, 2.75) is 13.1 Å². The van der Waals surface area contributed by atoms with Gasteiger partial charge in [0.05, 0.1) is 27.8 Å². The smallest absolute Gasteiger partial charge is 0.345 e. The van der Waals surface area contributed by atoms with E-state index >= 15 is 0 Å². The second-order valence-corrected chi connectivity index (χ2v) is 8.48. The molecule has 0 aliphatic carbocycles. The molecule has 1 N–H and O–H groups in total. The summed E-state index contributed by atoms with van der Waals surface area (Å²) in [5, 5.41) is 3.13. The Kier molecular flexibility index (Phi) is 5.47. The van der Waals surface area contributed by atoms with E-state index in [1.807, 2.05) is 30.7 Å². The highest BCUT2D eigenvalue weighted by molar-refractivity contribution is 6.30. The van der Waals surface area contributed by atoms with Crippen molar-refractivity contribution in [2.24, 2.45) is 7.05 Å². The summed E-state index contributed by atoms with van der Waals surface area (Å²) in [6.45, 7) is 0.595. The van der Waals surface area contributed by atoms with Crippen molar-refractivity contribution in [3.8, 4) is 16.8 Å². The van der Waals surface area contributed by atoms with Crippen LogP contribution in [0, 0.1) is 6.92 Å². The molecule has 0 bridgehead atoms. The van der Waals surface area contributed by atoms with Gasteiger partial charge in [0.2, 0.25) is 5.95 Å². The Balaban J connectivity index is 1.74. The molecule has 0 aliphatic rings. The van der Waals surface area contributed by atoms with Gasteiger partial charge < -0.3 is 9.88 Å². The fourth-order valence-electron chi connectivity index (χ4n) is 3.89. The van der Waals surface area contributed by atoms with E-state index in [1.165, 1.54) is 10.8 Å². The molecule has 3 heterocycles. The number of halogens is 4. The number of aryl methyl sites for hydroxylation is 2. The zero-order valence-electron chi connectivity index (χ0n) is 18.6. The minimum absolute atomic E-state index is 0.220. The van der Waals surface area contributed by atoms with Gasteiger partial charge in [0.1, 0.15) is 12.4 Å². The maximum Gasteiger partial charge on any atom is 0.405 e. The molecule has 0 aliphatic heterocycles. The summed E-state index contributed by atoms with van der Waals surface area (Å²) in [4.78, 5) is 26.5. The maximum atomic E-state index is 13.8. The van der Waals surface area contributed by atoms with E-state index in [1.54, 1.807) is 36.5 Å². The van der Waals surface area contributed by atoms with Gasteiger partial charge in [0.15, 0.2) is 0 Å². The van der Waals surface area contributed by atoms with E-state index in [9.17, 15) is 18.0 Å². The van der Waals surface area contributed by atoms with E-state index in [-0.39, 0.29) is 17.0 Å². The monoisotopic (exact) mass is 498 g/mol. The van der Waals surface area contributed by atoms with Crippen LogP contribution in [0.2, 0.25) is 5.02 Å². The molecule has 7 nitrogen and oxygen atoms in total. The normalized spacial score (nSPS) is 11.9. The van der Waals surface area contributed by atoms with Crippen molar-refractivity contribution in [2.75, 3.05) is 11.9 Å². The fraction of sp³-hybridized carbons (Fsp3) is 0.167. The lowest BCUT2D eigenvalue weighted by Crippen LogP contribution is -2.23. The van der Waals surface area contributed by atoms with Gasteiger partial charge in [-0.3, -0.25) is 9.36 Å². The van der Waals surface area contributed by atoms with E-state index < -0.39 is 18.3 Å². The lowest BCUT2D eigenvalue weighted by atomic mass is 10.0. The number of nitrogens with zero attached hydrogens (tertiary/aromatic N) is 5. The predicted molar refractivity (Wildman–Crippen MR) is 129 cm³/mol. The Morgan fingerprint density at radius 1 is 1.09 bits per heavy atom. The van der Waals surface area contributed by atoms with Crippen molar-refractivity contribution < 1.29 is 13.2 Å². The van der Waals surface area contributed by atoms with Gasteiger partial charge in [0, 0.05) is 29.9 Å². The third-order valence-electron chi connectivity index (χ3n) is 5.70. The molecule has 5 aromatic rings. The van der Waals surface area contributed by atoms with Crippen LogP contribution < -0.4 is 10.9 Å². The topological polar surface area (TPSA) is 77.6 Å². The van der Waals surface area contributed by atoms with Crippen molar-refractivity contribution in [1.29, 1.82) is 0 Å². The van der Waals surface area contributed by atoms with Crippen LogP contribution in [0.3, 0.4) is 0 Å². The first-order valence-corrected chi connectivity index (χ1v) is 10.9. The average molecular weight is 499 g/mol. The number of rotatable bonds is 4. The Morgan fingerprint density at radius 2 is 1.83 bits per heavy atom. The van der Waals surface area contributed by atoms with Crippen LogP contribution in [-0.4, -0.2) is 36.8 Å². The van der Waals surface area contributed by atoms with Crippen LogP contribution >= 0.6 is 11.6 Å². The molecule has 3 aromatic heterocycles. The van der Waals surface area contributed by atoms with E-state index in [4.69, 9.17) is 11.6 Å². The van der Waals surface area contributed by atoms with Crippen LogP contribution in [0.4, 0.5) is 19.1 Å². The molecule has 5 rings (SSSR count). The minimum Gasteiger partial charge on any atom is -0.345 e. The SMILES string of the molecule is Cc1nc2ccc(-n3cc4cnc(NCC(F)(F)F)nc4c(-c4ccc(Cl)cc4)c3=O)cc2n1C. The number of imidazole rings is 1. The Hall–Kier alpha value is -3.92. The molecular weight excluding hydrogens is 481 g/mol. The van der Waals surface area contributed by atoms with E-state index in [0.29, 0.717) is 21.7 Å². The summed E-state index contributed by atoms with van der Waals surface area (Å²) in [5.74, 6) is 0.603. The lowest BCUT2D eigenvalue weighted by Gasteiger charge is -2.14. The van der Waals surface area contributed by atoms with Gasteiger partial charge in [-0.05, 0) is 42.8 Å². The highest BCUT2D eigenvalue weighted by Gasteiger charge is 2.27. The molecule has 0 unspecified atom stereocenters. The largest absolute Gasteiger partial charge is 0.405 e. The van der Waals surface area contributed by atoms with Crippen molar-refractivity contribution in [1.82, 2.24) is 24.1 Å². The molecule has 0 saturated carbocycles. The van der Waals surface area contributed by atoms with Crippen LogP contribution in [-0.2, 0) is 7.05 Å². The number of alkyl halides is 3. The number of hydrogen-bond acceptors (Lipinski definition) is 5. The lowest BCUT2D eigenvalue weighted by molar-refractivity contribution is -0.115. The first-order valence-electron chi connectivity index (χ1n) is 10.5. The number of benzene rings is 2. The summed E-state index contributed by atoms with van der Waals surface area (Å²) < 4.78 is 41.5. The van der Waals surface area contributed by atoms with Crippen molar-refractivity contribution in [3.05, 3.63) is 76.1 Å². The molecule has 11 heteroatoms. The van der Waals surface area contributed by atoms with Crippen molar-refractivity contribution in [3.63, 3.8) is 0 Å². The van der Waals surface area contributed by atoms with Gasteiger partial charge >= 0.3 is 6.18 Å². The second-order valence-electron chi connectivity index (χ2n) is 8.04. The molecule has 0 amide bonds. The number of fused-ring (bicyclic) bond motifs is 2. The van der Waals surface area contributed by atoms with Crippen LogP contribution in [0.15, 0.2) is 59.7 Å². The average Bonchev–Trinajstić information content (AvgIpc) is 3.10. The number of aromatic nitrogens is 5. The second kappa shape index (κ2) is 8.38. The molecule has 0 saturated heterocycles. The third-order valence-corrected chi connectivity index (χ3v) is 5.95. The van der Waals surface area contributed by atoms with Crippen LogP contribution in [0.1, 0.15) is 5.82 Å². The highest BCUT2D eigenvalue weighted by Crippen LogP contribution is 2.28. The Morgan fingerprint density at radius 3 is 2.54 bits per heavy atom. The molecule has 2 aromatic carbocycles. The summed E-state index contributed by atoms with van der Waals surface area (Å²) in [7, 11) is 1.89. The molecular formula is C24H18ClF3N6O. The fourth-order valence-corrected chi connectivity index (χ4v) is 4.01. The molecule has 0 atom stereocenters. The number of nitrogens with one attached hydrogen (secondary N) is 1. The molecule has 178 valence electrons. The molecule has 35 heavy (non-hydrogen) atoms. The summed E-state index contributed by atoms with van der Waals surface area (Å²) >= 11 is 6.03. The van der Waals surface area contributed by atoms with Crippen LogP contribution in [0.5, 0.6) is 0 Å². The summed E-state index contributed by atoms with van der Waals surface area (Å²) in [6, 6.07) is 12.1. The standard InChI is InChI=1S/C24H18ClF3N6O/c1-13-31-18-8-7-17(9-19(18)33(13)2)34-11-15-10-29-23(30-12-24(26,27)28)32-21(15)20(22(34)35)14-3-5-16(25)6-4-14/h3-11H,12H2,1-2H3,(H,30,32). The number of hydrogen-bond donors (Lipinski definition) is 1. The highest BCUT2D eigenvalue weighted by atomic mass is 35.5. The van der Waals surface area contributed by atoms with Gasteiger partial charge in [-0.25, -0.2) is 15.0 Å². The zero-order chi connectivity index (χ0) is 24.9. The van der Waals surface area contributed by atoms with Gasteiger partial charge in [-0.2, -0.15) is 13.2 Å².